The van der Waals surface area contributed by atoms with Crippen LogP contribution in [0.15, 0.2) is 55.2 Å². The molecule has 0 amide bonds. The summed E-state index contributed by atoms with van der Waals surface area (Å²) in [6.07, 6.45) is 6.48. The van der Waals surface area contributed by atoms with Crippen molar-refractivity contribution in [3.63, 3.8) is 0 Å². The van der Waals surface area contributed by atoms with Gasteiger partial charge in [-0.3, -0.25) is 0 Å². The maximum atomic E-state index is 6.17. The van der Waals surface area contributed by atoms with Gasteiger partial charge in [0.1, 0.15) is 28.9 Å². The summed E-state index contributed by atoms with van der Waals surface area (Å²) in [6.45, 7) is 4.56. The third kappa shape index (κ3) is 4.09. The maximum absolute atomic E-state index is 6.17. The predicted molar refractivity (Wildman–Crippen MR) is 140 cm³/mol. The van der Waals surface area contributed by atoms with Gasteiger partial charge in [0, 0.05) is 37.8 Å². The van der Waals surface area contributed by atoms with Gasteiger partial charge in [0.2, 0.25) is 5.95 Å². The molecule has 5 aromatic rings. The lowest BCUT2D eigenvalue weighted by Gasteiger charge is -2.30. The van der Waals surface area contributed by atoms with Gasteiger partial charge >= 0.3 is 0 Å². The van der Waals surface area contributed by atoms with E-state index in [0.717, 1.165) is 59.9 Å². The Bertz CT molecular complexity index is 1620. The lowest BCUT2D eigenvalue weighted by Crippen LogP contribution is -2.40. The smallest absolute Gasteiger partial charge is 0.226 e. The van der Waals surface area contributed by atoms with E-state index in [0.29, 0.717) is 28.7 Å². The van der Waals surface area contributed by atoms with Crippen molar-refractivity contribution >= 4 is 39.5 Å². The molecule has 0 aliphatic carbocycles. The summed E-state index contributed by atoms with van der Waals surface area (Å²) >= 11 is 0. The number of anilines is 3. The molecule has 2 aromatic carbocycles. The minimum atomic E-state index is 0.261. The molecule has 2 unspecified atom stereocenters. The maximum Gasteiger partial charge on any atom is 0.226 e. The molecule has 2 saturated heterocycles. The molecule has 2 aliphatic rings. The largest absolute Gasteiger partial charge is 0.457 e. The Kier molecular flexibility index (Phi) is 5.14. The van der Waals surface area contributed by atoms with Crippen molar-refractivity contribution in [2.75, 3.05) is 29.9 Å². The number of imidazole rings is 1. The van der Waals surface area contributed by atoms with E-state index in [1.54, 1.807) is 12.5 Å². The van der Waals surface area contributed by atoms with Gasteiger partial charge in [-0.1, -0.05) is 0 Å². The van der Waals surface area contributed by atoms with Gasteiger partial charge in [0.15, 0.2) is 5.82 Å². The highest BCUT2D eigenvalue weighted by Crippen LogP contribution is 2.32. The number of aromatic nitrogens is 6. The quantitative estimate of drug-likeness (QED) is 0.381. The van der Waals surface area contributed by atoms with Crippen molar-refractivity contribution in [2.24, 2.45) is 13.0 Å². The van der Waals surface area contributed by atoms with E-state index >= 15 is 0 Å². The number of hydrogen-bond donors (Lipinski definition) is 1. The second-order valence-corrected chi connectivity index (χ2v) is 9.80. The molecular formula is C27H26N8O2. The van der Waals surface area contributed by atoms with E-state index in [1.807, 2.05) is 54.9 Å². The van der Waals surface area contributed by atoms with Crippen LogP contribution in [0, 0.1) is 12.8 Å². The topological polar surface area (TPSA) is 103 Å². The Hall–Kier alpha value is -4.31. The van der Waals surface area contributed by atoms with Crippen LogP contribution in [0.5, 0.6) is 11.5 Å². The second-order valence-electron chi connectivity index (χ2n) is 9.80. The fraction of sp³-hybridized carbons (Fsp3) is 0.296. The molecule has 2 fully saturated rings. The third-order valence-electron chi connectivity index (χ3n) is 7.08. The van der Waals surface area contributed by atoms with Crippen LogP contribution in [0.2, 0.25) is 0 Å². The van der Waals surface area contributed by atoms with E-state index in [1.165, 1.54) is 6.33 Å². The van der Waals surface area contributed by atoms with Crippen LogP contribution in [-0.2, 0) is 11.8 Å². The monoisotopic (exact) mass is 494 g/mol. The van der Waals surface area contributed by atoms with Gasteiger partial charge in [-0.05, 0) is 49.2 Å². The Balaban J connectivity index is 1.14. The highest BCUT2D eigenvalue weighted by Gasteiger charge is 2.35. The first-order valence-corrected chi connectivity index (χ1v) is 12.4. The number of nitrogens with zero attached hydrogens (tertiary/aromatic N) is 7. The lowest BCUT2D eigenvalue weighted by atomic mass is 10.0. The number of ether oxygens (including phenoxy) is 2. The van der Waals surface area contributed by atoms with Crippen LogP contribution in [0.4, 0.5) is 17.5 Å². The number of hydrogen-bond acceptors (Lipinski definition) is 9. The summed E-state index contributed by atoms with van der Waals surface area (Å²) in [5.41, 5.74) is 5.22. The van der Waals surface area contributed by atoms with E-state index in [9.17, 15) is 0 Å². The first kappa shape index (κ1) is 21.9. The summed E-state index contributed by atoms with van der Waals surface area (Å²) in [4.78, 5) is 24.9. The lowest BCUT2D eigenvalue weighted by molar-refractivity contribution is 0.119. The van der Waals surface area contributed by atoms with Gasteiger partial charge in [-0.25, -0.2) is 24.9 Å². The van der Waals surface area contributed by atoms with Gasteiger partial charge in [0.05, 0.1) is 36.3 Å². The summed E-state index contributed by atoms with van der Waals surface area (Å²) in [5, 5.41) is 3.41. The normalized spacial score (nSPS) is 19.0. The zero-order valence-electron chi connectivity index (χ0n) is 20.6. The van der Waals surface area contributed by atoms with Crippen molar-refractivity contribution in [1.82, 2.24) is 29.5 Å². The average Bonchev–Trinajstić information content (AvgIpc) is 3.45. The molecule has 0 spiro atoms. The Morgan fingerprint density at radius 2 is 1.97 bits per heavy atom. The number of nitrogens with one attached hydrogen (secondary N) is 1. The highest BCUT2D eigenvalue weighted by atomic mass is 16.5. The van der Waals surface area contributed by atoms with E-state index in [-0.39, 0.29) is 6.10 Å². The molecule has 2 aliphatic heterocycles. The fourth-order valence-corrected chi connectivity index (χ4v) is 5.20. The average molecular weight is 495 g/mol. The molecule has 2 bridgehead atoms. The summed E-state index contributed by atoms with van der Waals surface area (Å²) < 4.78 is 14.0. The Labute approximate surface area is 213 Å². The highest BCUT2D eigenvalue weighted by molar-refractivity contribution is 5.87. The summed E-state index contributed by atoms with van der Waals surface area (Å²) in [7, 11) is 1.98. The zero-order chi connectivity index (χ0) is 24.9. The second kappa shape index (κ2) is 8.67. The summed E-state index contributed by atoms with van der Waals surface area (Å²) in [5.74, 6) is 3.39. The standard InChI is InChI=1S/C27H26N8O2/c1-16-7-18(3-6-24(16)37-19-4-5-23-21(9-19)31-15-34(23)2)32-26-25-22(29-14-30-26)10-28-27(33-25)35-11-17-8-20(12-35)36-13-17/h3-7,9-10,14-15,17,20H,8,11-13H2,1-2H3,(H,29,30,32). The van der Waals surface area contributed by atoms with Crippen molar-refractivity contribution in [3.8, 4) is 11.5 Å². The van der Waals surface area contributed by atoms with Crippen LogP contribution in [0.3, 0.4) is 0 Å². The zero-order valence-corrected chi connectivity index (χ0v) is 20.6. The molecule has 1 N–H and O–H groups in total. The minimum Gasteiger partial charge on any atom is -0.457 e. The minimum absolute atomic E-state index is 0.261. The third-order valence-corrected chi connectivity index (χ3v) is 7.08. The van der Waals surface area contributed by atoms with Crippen LogP contribution in [0.1, 0.15) is 12.0 Å². The fourth-order valence-electron chi connectivity index (χ4n) is 5.20. The van der Waals surface area contributed by atoms with Crippen molar-refractivity contribution in [2.45, 2.75) is 19.4 Å². The molecular weight excluding hydrogens is 468 g/mol. The molecule has 0 saturated carbocycles. The van der Waals surface area contributed by atoms with Crippen LogP contribution in [0.25, 0.3) is 22.1 Å². The molecule has 7 rings (SSSR count). The van der Waals surface area contributed by atoms with Crippen LogP contribution < -0.4 is 15.0 Å². The van der Waals surface area contributed by atoms with Crippen molar-refractivity contribution < 1.29 is 9.47 Å². The molecule has 186 valence electrons. The van der Waals surface area contributed by atoms with Gasteiger partial charge in [0.25, 0.3) is 0 Å². The Morgan fingerprint density at radius 1 is 1.03 bits per heavy atom. The van der Waals surface area contributed by atoms with E-state index < -0.39 is 0 Å². The number of benzene rings is 2. The summed E-state index contributed by atoms with van der Waals surface area (Å²) in [6, 6.07) is 11.9. The SMILES string of the molecule is Cc1cc(Nc2ncnc3cnc(N4CC5COC(C5)C4)nc23)ccc1Oc1ccc2c(c1)ncn2C. The first-order valence-electron chi connectivity index (χ1n) is 12.4. The number of aryl methyl sites for hydroxylation is 2. The molecule has 0 radical (unpaired) electrons. The van der Waals surface area contributed by atoms with Crippen molar-refractivity contribution in [1.29, 1.82) is 0 Å². The van der Waals surface area contributed by atoms with Gasteiger partial charge in [-0.2, -0.15) is 0 Å². The predicted octanol–water partition coefficient (Wildman–Crippen LogP) is 4.38. The molecule has 5 heterocycles. The molecule has 37 heavy (non-hydrogen) atoms. The number of rotatable bonds is 5. The number of fused-ring (bicyclic) bond motifs is 4. The van der Waals surface area contributed by atoms with E-state index in [4.69, 9.17) is 14.5 Å². The molecule has 10 heteroatoms. The van der Waals surface area contributed by atoms with Gasteiger partial charge < -0.3 is 24.3 Å². The molecule has 3 aromatic heterocycles. The van der Waals surface area contributed by atoms with Crippen LogP contribution >= 0.6 is 0 Å². The first-order chi connectivity index (χ1) is 18.1. The molecule has 2 atom stereocenters. The molecule has 10 nitrogen and oxygen atoms in total. The Morgan fingerprint density at radius 3 is 2.86 bits per heavy atom. The number of piperidine rings is 1. The van der Waals surface area contributed by atoms with Gasteiger partial charge in [-0.15, -0.1) is 0 Å². The van der Waals surface area contributed by atoms with Crippen LogP contribution in [-0.4, -0.2) is 55.3 Å². The van der Waals surface area contributed by atoms with Crippen molar-refractivity contribution in [3.05, 3.63) is 60.8 Å². The van der Waals surface area contributed by atoms with E-state index in [2.05, 4.69) is 30.2 Å².